The quantitative estimate of drug-likeness (QED) is 0.512. The number of anilines is 2. The summed E-state index contributed by atoms with van der Waals surface area (Å²) in [6, 6.07) is 17.4. The first-order valence-corrected chi connectivity index (χ1v) is 6.30. The van der Waals surface area contributed by atoms with Crippen LogP contribution in [0.3, 0.4) is 0 Å². The van der Waals surface area contributed by atoms with Crippen LogP contribution in [0.4, 0.5) is 10.8 Å². The van der Waals surface area contributed by atoms with E-state index in [-0.39, 0.29) is 0 Å². The standard InChI is InChI=1S/C14H9N3S/c15-10-17(11-6-2-1-3-7-11)14-16-12-8-4-5-9-13(12)18-14/h1-9H. The number of rotatable bonds is 2. The van der Waals surface area contributed by atoms with Gasteiger partial charge in [0.15, 0.2) is 6.19 Å². The molecule has 0 spiro atoms. The molecule has 3 rings (SSSR count). The Balaban J connectivity index is 2.10. The van der Waals surface area contributed by atoms with Crippen molar-refractivity contribution in [3.8, 4) is 6.19 Å². The SMILES string of the molecule is N#CN(c1ccccc1)c1nc2ccccc2s1. The zero-order valence-electron chi connectivity index (χ0n) is 9.45. The average molecular weight is 251 g/mol. The van der Waals surface area contributed by atoms with Gasteiger partial charge in [0.2, 0.25) is 5.13 Å². The number of benzene rings is 2. The van der Waals surface area contributed by atoms with Gasteiger partial charge >= 0.3 is 0 Å². The highest BCUT2D eigenvalue weighted by Crippen LogP contribution is 2.32. The summed E-state index contributed by atoms with van der Waals surface area (Å²) in [5, 5.41) is 10.00. The van der Waals surface area contributed by atoms with E-state index in [9.17, 15) is 5.26 Å². The fourth-order valence-electron chi connectivity index (χ4n) is 1.74. The molecule has 0 saturated carbocycles. The normalized spacial score (nSPS) is 10.2. The summed E-state index contributed by atoms with van der Waals surface area (Å²) in [7, 11) is 0. The topological polar surface area (TPSA) is 39.9 Å². The van der Waals surface area contributed by atoms with Crippen molar-refractivity contribution in [2.75, 3.05) is 4.90 Å². The van der Waals surface area contributed by atoms with E-state index in [1.165, 1.54) is 11.3 Å². The number of fused-ring (bicyclic) bond motifs is 1. The van der Waals surface area contributed by atoms with E-state index in [2.05, 4.69) is 11.2 Å². The maximum absolute atomic E-state index is 9.30. The van der Waals surface area contributed by atoms with E-state index in [0.29, 0.717) is 5.13 Å². The minimum atomic E-state index is 0.699. The third kappa shape index (κ3) is 1.81. The minimum absolute atomic E-state index is 0.699. The van der Waals surface area contributed by atoms with E-state index in [0.717, 1.165) is 15.9 Å². The van der Waals surface area contributed by atoms with Gasteiger partial charge in [0, 0.05) is 0 Å². The number of thiazole rings is 1. The summed E-state index contributed by atoms with van der Waals surface area (Å²) in [4.78, 5) is 6.03. The van der Waals surface area contributed by atoms with Crippen molar-refractivity contribution in [3.63, 3.8) is 0 Å². The van der Waals surface area contributed by atoms with Crippen molar-refractivity contribution in [3.05, 3.63) is 54.6 Å². The molecule has 1 aromatic heterocycles. The Morgan fingerprint density at radius 1 is 1.00 bits per heavy atom. The van der Waals surface area contributed by atoms with Crippen molar-refractivity contribution in [1.82, 2.24) is 4.98 Å². The molecule has 0 radical (unpaired) electrons. The van der Waals surface area contributed by atoms with Gasteiger partial charge in [-0.2, -0.15) is 5.26 Å². The molecular weight excluding hydrogens is 242 g/mol. The minimum Gasteiger partial charge on any atom is -0.222 e. The van der Waals surface area contributed by atoms with Gasteiger partial charge in [-0.25, -0.2) is 9.88 Å². The highest BCUT2D eigenvalue weighted by molar-refractivity contribution is 7.22. The van der Waals surface area contributed by atoms with E-state index >= 15 is 0 Å². The van der Waals surface area contributed by atoms with E-state index in [4.69, 9.17) is 0 Å². The van der Waals surface area contributed by atoms with E-state index in [1.807, 2.05) is 54.6 Å². The molecule has 4 heteroatoms. The summed E-state index contributed by atoms with van der Waals surface area (Å²) in [6.07, 6.45) is 2.18. The number of para-hydroxylation sites is 2. The first-order chi connectivity index (χ1) is 8.88. The zero-order valence-corrected chi connectivity index (χ0v) is 10.3. The zero-order chi connectivity index (χ0) is 12.4. The first-order valence-electron chi connectivity index (χ1n) is 5.49. The Labute approximate surface area is 109 Å². The van der Waals surface area contributed by atoms with Gasteiger partial charge in [-0.1, -0.05) is 41.7 Å². The lowest BCUT2D eigenvalue weighted by Crippen LogP contribution is -2.07. The van der Waals surface area contributed by atoms with Crippen LogP contribution in [0.1, 0.15) is 0 Å². The van der Waals surface area contributed by atoms with Gasteiger partial charge in [0.25, 0.3) is 0 Å². The smallest absolute Gasteiger partial charge is 0.204 e. The lowest BCUT2D eigenvalue weighted by Gasteiger charge is -2.10. The van der Waals surface area contributed by atoms with Crippen LogP contribution >= 0.6 is 11.3 Å². The molecule has 0 amide bonds. The summed E-state index contributed by atoms with van der Waals surface area (Å²) >= 11 is 1.52. The molecule has 0 N–H and O–H groups in total. The van der Waals surface area contributed by atoms with Gasteiger partial charge in [0.05, 0.1) is 15.9 Å². The van der Waals surface area contributed by atoms with Gasteiger partial charge in [-0.15, -0.1) is 0 Å². The van der Waals surface area contributed by atoms with Crippen molar-refractivity contribution in [2.24, 2.45) is 0 Å². The van der Waals surface area contributed by atoms with Gasteiger partial charge in [-0.3, -0.25) is 0 Å². The molecule has 0 aliphatic carbocycles. The van der Waals surface area contributed by atoms with Gasteiger partial charge < -0.3 is 0 Å². The average Bonchev–Trinajstić information content (AvgIpc) is 2.84. The lowest BCUT2D eigenvalue weighted by atomic mass is 10.3. The third-order valence-corrected chi connectivity index (χ3v) is 3.61. The number of nitrogens with zero attached hydrogens (tertiary/aromatic N) is 3. The molecule has 2 aromatic carbocycles. The highest BCUT2D eigenvalue weighted by Gasteiger charge is 2.13. The Morgan fingerprint density at radius 3 is 2.44 bits per heavy atom. The molecule has 0 bridgehead atoms. The molecule has 0 aliphatic heterocycles. The number of hydrogen-bond donors (Lipinski definition) is 0. The highest BCUT2D eigenvalue weighted by atomic mass is 32.1. The molecular formula is C14H9N3S. The fourth-order valence-corrected chi connectivity index (χ4v) is 2.69. The maximum Gasteiger partial charge on any atom is 0.204 e. The molecule has 18 heavy (non-hydrogen) atoms. The van der Waals surface area contributed by atoms with Crippen LogP contribution in [0.15, 0.2) is 54.6 Å². The lowest BCUT2D eigenvalue weighted by molar-refractivity contribution is 1.24. The van der Waals surface area contributed by atoms with Crippen LogP contribution in [0, 0.1) is 11.5 Å². The van der Waals surface area contributed by atoms with Gasteiger partial charge in [-0.05, 0) is 24.3 Å². The summed E-state index contributed by atoms with van der Waals surface area (Å²) in [5.74, 6) is 0. The van der Waals surface area contributed by atoms with Gasteiger partial charge in [0.1, 0.15) is 0 Å². The second-order valence-electron chi connectivity index (χ2n) is 3.74. The molecule has 0 saturated heterocycles. The molecule has 86 valence electrons. The van der Waals surface area contributed by atoms with Crippen LogP contribution in [0.2, 0.25) is 0 Å². The molecule has 0 aliphatic rings. The van der Waals surface area contributed by atoms with Crippen LogP contribution in [-0.2, 0) is 0 Å². The van der Waals surface area contributed by atoms with Crippen LogP contribution in [-0.4, -0.2) is 4.98 Å². The predicted molar refractivity (Wildman–Crippen MR) is 73.8 cm³/mol. The molecule has 0 fully saturated rings. The monoisotopic (exact) mass is 251 g/mol. The predicted octanol–water partition coefficient (Wildman–Crippen LogP) is 3.92. The largest absolute Gasteiger partial charge is 0.222 e. The van der Waals surface area contributed by atoms with Crippen molar-refractivity contribution in [1.29, 1.82) is 5.26 Å². The molecule has 0 unspecified atom stereocenters. The fraction of sp³-hybridized carbons (Fsp3) is 0. The Bertz CT molecular complexity index is 679. The summed E-state index contributed by atoms with van der Waals surface area (Å²) < 4.78 is 1.09. The molecule has 0 atom stereocenters. The Kier molecular flexibility index (Phi) is 2.67. The number of nitriles is 1. The third-order valence-electron chi connectivity index (χ3n) is 2.59. The Morgan fingerprint density at radius 2 is 1.72 bits per heavy atom. The summed E-state index contributed by atoms with van der Waals surface area (Å²) in [5.41, 5.74) is 1.76. The second-order valence-corrected chi connectivity index (χ2v) is 4.74. The molecule has 3 aromatic rings. The Hall–Kier alpha value is -2.38. The van der Waals surface area contributed by atoms with Crippen LogP contribution in [0.25, 0.3) is 10.2 Å². The van der Waals surface area contributed by atoms with E-state index in [1.54, 1.807) is 4.90 Å². The summed E-state index contributed by atoms with van der Waals surface area (Å²) in [6.45, 7) is 0. The van der Waals surface area contributed by atoms with Crippen LogP contribution < -0.4 is 4.90 Å². The van der Waals surface area contributed by atoms with Crippen molar-refractivity contribution in [2.45, 2.75) is 0 Å². The molecule has 1 heterocycles. The van der Waals surface area contributed by atoms with Crippen LogP contribution in [0.5, 0.6) is 0 Å². The van der Waals surface area contributed by atoms with E-state index < -0.39 is 0 Å². The first kappa shape index (κ1) is 10.8. The number of hydrogen-bond acceptors (Lipinski definition) is 4. The molecule has 3 nitrogen and oxygen atoms in total. The van der Waals surface area contributed by atoms with Crippen molar-refractivity contribution >= 4 is 32.4 Å². The number of aromatic nitrogens is 1. The second kappa shape index (κ2) is 4.47. The maximum atomic E-state index is 9.30. The van der Waals surface area contributed by atoms with Crippen molar-refractivity contribution < 1.29 is 0 Å².